The SMILES string of the molecule is CC(C)n1ccc(CC(=O)c2ccccc2CCN)n1. The summed E-state index contributed by atoms with van der Waals surface area (Å²) in [6.07, 6.45) is 2.97. The Bertz CT molecular complexity index is 587. The van der Waals surface area contributed by atoms with E-state index < -0.39 is 0 Å². The average molecular weight is 271 g/mol. The van der Waals surface area contributed by atoms with Crippen LogP contribution in [0.2, 0.25) is 0 Å². The molecule has 2 N–H and O–H groups in total. The van der Waals surface area contributed by atoms with E-state index in [0.29, 0.717) is 19.0 Å². The van der Waals surface area contributed by atoms with Crippen molar-refractivity contribution in [1.82, 2.24) is 9.78 Å². The quantitative estimate of drug-likeness (QED) is 0.821. The molecular formula is C16H21N3O. The van der Waals surface area contributed by atoms with Gasteiger partial charge in [-0.3, -0.25) is 9.48 Å². The van der Waals surface area contributed by atoms with Crippen molar-refractivity contribution in [3.05, 3.63) is 53.3 Å². The Hall–Kier alpha value is -1.94. The Morgan fingerprint density at radius 1 is 1.30 bits per heavy atom. The van der Waals surface area contributed by atoms with Crippen molar-refractivity contribution in [3.8, 4) is 0 Å². The molecule has 4 nitrogen and oxygen atoms in total. The van der Waals surface area contributed by atoms with Gasteiger partial charge in [-0.05, 0) is 38.4 Å². The maximum Gasteiger partial charge on any atom is 0.169 e. The lowest BCUT2D eigenvalue weighted by Gasteiger charge is -2.07. The van der Waals surface area contributed by atoms with Gasteiger partial charge in [-0.25, -0.2) is 0 Å². The van der Waals surface area contributed by atoms with E-state index in [9.17, 15) is 4.79 Å². The van der Waals surface area contributed by atoms with Crippen LogP contribution in [-0.2, 0) is 12.8 Å². The van der Waals surface area contributed by atoms with Crippen LogP contribution in [0.3, 0.4) is 0 Å². The summed E-state index contributed by atoms with van der Waals surface area (Å²) in [4.78, 5) is 12.4. The first-order valence-electron chi connectivity index (χ1n) is 6.97. The smallest absolute Gasteiger partial charge is 0.169 e. The van der Waals surface area contributed by atoms with E-state index in [0.717, 1.165) is 23.2 Å². The molecule has 0 unspecified atom stereocenters. The minimum Gasteiger partial charge on any atom is -0.330 e. The van der Waals surface area contributed by atoms with Gasteiger partial charge in [0.2, 0.25) is 0 Å². The lowest BCUT2D eigenvalue weighted by Crippen LogP contribution is -2.11. The van der Waals surface area contributed by atoms with Crippen LogP contribution < -0.4 is 5.73 Å². The van der Waals surface area contributed by atoms with Crippen LogP contribution in [-0.4, -0.2) is 22.1 Å². The molecule has 1 aromatic carbocycles. The van der Waals surface area contributed by atoms with Gasteiger partial charge < -0.3 is 5.73 Å². The third kappa shape index (κ3) is 3.33. The molecule has 2 aromatic rings. The second-order valence-electron chi connectivity index (χ2n) is 5.18. The van der Waals surface area contributed by atoms with Crippen molar-refractivity contribution in [3.63, 3.8) is 0 Å². The van der Waals surface area contributed by atoms with E-state index >= 15 is 0 Å². The van der Waals surface area contributed by atoms with Gasteiger partial charge in [0, 0.05) is 17.8 Å². The molecule has 0 amide bonds. The Balaban J connectivity index is 2.15. The molecule has 0 atom stereocenters. The van der Waals surface area contributed by atoms with Crippen LogP contribution in [0.25, 0.3) is 0 Å². The molecule has 4 heteroatoms. The number of carbonyl (C=O) groups is 1. The molecule has 0 saturated heterocycles. The van der Waals surface area contributed by atoms with Crippen LogP contribution in [0.15, 0.2) is 36.5 Å². The van der Waals surface area contributed by atoms with Gasteiger partial charge in [-0.15, -0.1) is 0 Å². The summed E-state index contributed by atoms with van der Waals surface area (Å²) in [7, 11) is 0. The highest BCUT2D eigenvalue weighted by Gasteiger charge is 2.13. The molecule has 0 aliphatic rings. The van der Waals surface area contributed by atoms with Crippen LogP contribution in [0.4, 0.5) is 0 Å². The van der Waals surface area contributed by atoms with Crippen LogP contribution in [0.1, 0.15) is 41.5 Å². The standard InChI is InChI=1S/C16H21N3O/c1-12(2)19-10-8-14(18-19)11-16(20)15-6-4-3-5-13(15)7-9-17/h3-6,8,10,12H,7,9,11,17H2,1-2H3. The van der Waals surface area contributed by atoms with Crippen molar-refractivity contribution >= 4 is 5.78 Å². The average Bonchev–Trinajstić information content (AvgIpc) is 2.88. The molecule has 2 rings (SSSR count). The van der Waals surface area contributed by atoms with Gasteiger partial charge in [-0.1, -0.05) is 24.3 Å². The van der Waals surface area contributed by atoms with Gasteiger partial charge in [-0.2, -0.15) is 5.10 Å². The molecule has 20 heavy (non-hydrogen) atoms. The predicted molar refractivity (Wildman–Crippen MR) is 79.8 cm³/mol. The lowest BCUT2D eigenvalue weighted by atomic mass is 9.98. The first kappa shape index (κ1) is 14.5. The van der Waals surface area contributed by atoms with E-state index in [1.807, 2.05) is 41.2 Å². The van der Waals surface area contributed by atoms with Crippen molar-refractivity contribution in [2.75, 3.05) is 6.54 Å². The van der Waals surface area contributed by atoms with E-state index in [1.165, 1.54) is 0 Å². The Morgan fingerprint density at radius 2 is 2.05 bits per heavy atom. The first-order chi connectivity index (χ1) is 9.61. The number of nitrogens with zero attached hydrogens (tertiary/aromatic N) is 2. The second kappa shape index (κ2) is 6.48. The number of Topliss-reactive ketones (excluding diaryl/α,β-unsaturated/α-hetero) is 1. The summed E-state index contributed by atoms with van der Waals surface area (Å²) in [5, 5.41) is 4.42. The summed E-state index contributed by atoms with van der Waals surface area (Å²) in [5.41, 5.74) is 8.18. The second-order valence-corrected chi connectivity index (χ2v) is 5.18. The normalized spacial score (nSPS) is 11.0. The van der Waals surface area contributed by atoms with E-state index in [1.54, 1.807) is 0 Å². The van der Waals surface area contributed by atoms with Crippen molar-refractivity contribution in [1.29, 1.82) is 0 Å². The third-order valence-electron chi connectivity index (χ3n) is 3.27. The topological polar surface area (TPSA) is 60.9 Å². The molecule has 0 bridgehead atoms. The van der Waals surface area contributed by atoms with Crippen molar-refractivity contribution < 1.29 is 4.79 Å². The highest BCUT2D eigenvalue weighted by atomic mass is 16.1. The maximum atomic E-state index is 12.4. The molecule has 0 fully saturated rings. The number of hydrogen-bond acceptors (Lipinski definition) is 3. The zero-order valence-electron chi connectivity index (χ0n) is 12.0. The molecule has 0 spiro atoms. The zero-order chi connectivity index (χ0) is 14.5. The summed E-state index contributed by atoms with van der Waals surface area (Å²) < 4.78 is 1.87. The molecular weight excluding hydrogens is 250 g/mol. The lowest BCUT2D eigenvalue weighted by molar-refractivity contribution is 0.0991. The van der Waals surface area contributed by atoms with E-state index in [4.69, 9.17) is 5.73 Å². The highest BCUT2D eigenvalue weighted by Crippen LogP contribution is 2.13. The zero-order valence-corrected chi connectivity index (χ0v) is 12.0. The Kier molecular flexibility index (Phi) is 4.69. The van der Waals surface area contributed by atoms with Crippen LogP contribution in [0, 0.1) is 0 Å². The fourth-order valence-electron chi connectivity index (χ4n) is 2.18. The summed E-state index contributed by atoms with van der Waals surface area (Å²) >= 11 is 0. The largest absolute Gasteiger partial charge is 0.330 e. The molecule has 0 radical (unpaired) electrons. The molecule has 0 saturated carbocycles. The molecule has 0 aliphatic heterocycles. The number of aromatic nitrogens is 2. The summed E-state index contributed by atoms with van der Waals surface area (Å²) in [5.74, 6) is 0.100. The number of hydrogen-bond donors (Lipinski definition) is 1. The fraction of sp³-hybridized carbons (Fsp3) is 0.375. The van der Waals surface area contributed by atoms with Gasteiger partial charge in [0.25, 0.3) is 0 Å². The minimum absolute atomic E-state index is 0.100. The van der Waals surface area contributed by atoms with Gasteiger partial charge in [0.15, 0.2) is 5.78 Å². The number of benzene rings is 1. The van der Waals surface area contributed by atoms with Gasteiger partial charge in [0.1, 0.15) is 0 Å². The maximum absolute atomic E-state index is 12.4. The monoisotopic (exact) mass is 271 g/mol. The van der Waals surface area contributed by atoms with E-state index in [2.05, 4.69) is 18.9 Å². The molecule has 1 aromatic heterocycles. The molecule has 1 heterocycles. The van der Waals surface area contributed by atoms with Crippen molar-refractivity contribution in [2.45, 2.75) is 32.7 Å². The molecule has 106 valence electrons. The fourth-order valence-corrected chi connectivity index (χ4v) is 2.18. The number of nitrogens with two attached hydrogens (primary N) is 1. The number of ketones is 1. The number of carbonyl (C=O) groups excluding carboxylic acids is 1. The summed E-state index contributed by atoms with van der Waals surface area (Å²) in [6.45, 7) is 4.68. The predicted octanol–water partition coefficient (Wildman–Crippen LogP) is 2.39. The Labute approximate surface area is 119 Å². The van der Waals surface area contributed by atoms with Crippen LogP contribution in [0.5, 0.6) is 0 Å². The Morgan fingerprint density at radius 3 is 2.70 bits per heavy atom. The molecule has 0 aliphatic carbocycles. The van der Waals surface area contributed by atoms with Gasteiger partial charge >= 0.3 is 0 Å². The third-order valence-corrected chi connectivity index (χ3v) is 3.27. The van der Waals surface area contributed by atoms with Crippen LogP contribution >= 0.6 is 0 Å². The van der Waals surface area contributed by atoms with E-state index in [-0.39, 0.29) is 5.78 Å². The first-order valence-corrected chi connectivity index (χ1v) is 6.97. The highest BCUT2D eigenvalue weighted by molar-refractivity contribution is 5.98. The number of rotatable bonds is 6. The minimum atomic E-state index is 0.100. The summed E-state index contributed by atoms with van der Waals surface area (Å²) in [6, 6.07) is 9.88. The van der Waals surface area contributed by atoms with Crippen molar-refractivity contribution in [2.24, 2.45) is 5.73 Å². The van der Waals surface area contributed by atoms with Gasteiger partial charge in [0.05, 0.1) is 12.1 Å².